The number of H-pyrrole nitrogens is 1. The number of aromatic amines is 1. The summed E-state index contributed by atoms with van der Waals surface area (Å²) in [5.74, 6) is -0.396. The molecule has 0 amide bonds. The van der Waals surface area contributed by atoms with E-state index in [1.165, 1.54) is 10.8 Å². The van der Waals surface area contributed by atoms with Crippen molar-refractivity contribution < 1.29 is 14.9 Å². The van der Waals surface area contributed by atoms with Crippen LogP contribution in [0.4, 0.5) is 0 Å². The number of nitrogens with zero attached hydrogens (tertiary/aromatic N) is 1. The van der Waals surface area contributed by atoms with Crippen LogP contribution in [0.1, 0.15) is 18.7 Å². The van der Waals surface area contributed by atoms with Crippen LogP contribution in [0, 0.1) is 12.8 Å². The van der Waals surface area contributed by atoms with Gasteiger partial charge in [-0.05, 0) is 6.92 Å². The normalized spacial score (nSPS) is 31.8. The summed E-state index contributed by atoms with van der Waals surface area (Å²) in [6, 6.07) is 0. The first-order chi connectivity index (χ1) is 8.45. The average molecular weight is 255 g/mol. The Morgan fingerprint density at radius 3 is 2.72 bits per heavy atom. The standard InChI is InChI=1S/C11H15N2O5/c1-5-3-13(11(17)12-9(5)16)10-6(2)8(15)7(4-14)18-10/h3,6-8,10,15H,4H2,1-2H3,(H,12,16,17)/t6?,7-,8+,10-/m1/s1. The van der Waals surface area contributed by atoms with Crippen molar-refractivity contribution in [3.8, 4) is 0 Å². The molecule has 2 heterocycles. The lowest BCUT2D eigenvalue weighted by Gasteiger charge is -2.18. The van der Waals surface area contributed by atoms with Crippen molar-refractivity contribution in [3.63, 3.8) is 0 Å². The highest BCUT2D eigenvalue weighted by molar-refractivity contribution is 5.02. The second-order valence-corrected chi connectivity index (χ2v) is 4.56. The monoisotopic (exact) mass is 255 g/mol. The highest BCUT2D eigenvalue weighted by Crippen LogP contribution is 2.33. The summed E-state index contributed by atoms with van der Waals surface area (Å²) in [6.07, 6.45) is -1.10. The van der Waals surface area contributed by atoms with E-state index in [-0.39, 0.29) is 0 Å². The zero-order chi connectivity index (χ0) is 13.4. The molecule has 2 rings (SSSR count). The Morgan fingerprint density at radius 1 is 1.50 bits per heavy atom. The first-order valence-corrected chi connectivity index (χ1v) is 5.69. The van der Waals surface area contributed by atoms with Gasteiger partial charge < -0.3 is 9.84 Å². The zero-order valence-corrected chi connectivity index (χ0v) is 10.1. The summed E-state index contributed by atoms with van der Waals surface area (Å²) in [4.78, 5) is 25.1. The van der Waals surface area contributed by atoms with Gasteiger partial charge in [-0.3, -0.25) is 14.3 Å². The van der Waals surface area contributed by atoms with Crippen LogP contribution in [-0.2, 0) is 9.84 Å². The molecule has 1 aromatic heterocycles. The Hall–Kier alpha value is -1.44. The minimum atomic E-state index is -0.911. The molecule has 2 N–H and O–H groups in total. The van der Waals surface area contributed by atoms with Crippen LogP contribution in [0.5, 0.6) is 0 Å². The van der Waals surface area contributed by atoms with Crippen molar-refractivity contribution in [2.45, 2.75) is 32.3 Å². The van der Waals surface area contributed by atoms with E-state index in [0.717, 1.165) is 0 Å². The number of hydrogen-bond donors (Lipinski definition) is 2. The molecular formula is C11H15N2O5. The predicted molar refractivity (Wildman–Crippen MR) is 60.7 cm³/mol. The van der Waals surface area contributed by atoms with Crippen molar-refractivity contribution >= 4 is 0 Å². The van der Waals surface area contributed by atoms with Gasteiger partial charge in [-0.25, -0.2) is 9.90 Å². The number of aromatic nitrogens is 2. The first-order valence-electron chi connectivity index (χ1n) is 5.69. The van der Waals surface area contributed by atoms with E-state index in [2.05, 4.69) is 4.98 Å². The number of aliphatic hydroxyl groups is 1. The maximum Gasteiger partial charge on any atom is 0.330 e. The summed E-state index contributed by atoms with van der Waals surface area (Å²) in [5.41, 5.74) is -0.700. The molecule has 0 spiro atoms. The Balaban J connectivity index is 2.42. The topological polar surface area (TPSA) is 104 Å². The number of ether oxygens (including phenoxy) is 1. The lowest BCUT2D eigenvalue weighted by Crippen LogP contribution is -2.35. The molecule has 0 saturated carbocycles. The van der Waals surface area contributed by atoms with Gasteiger partial charge in [-0.2, -0.15) is 0 Å². The van der Waals surface area contributed by atoms with Gasteiger partial charge in [0.05, 0.1) is 6.10 Å². The molecule has 1 aliphatic rings. The fraction of sp³-hybridized carbons (Fsp3) is 0.636. The zero-order valence-electron chi connectivity index (χ0n) is 10.1. The van der Waals surface area contributed by atoms with Crippen molar-refractivity contribution in [1.29, 1.82) is 0 Å². The maximum absolute atomic E-state index is 11.7. The maximum atomic E-state index is 11.7. The summed E-state index contributed by atoms with van der Waals surface area (Å²) in [5, 5.41) is 20.6. The molecule has 7 nitrogen and oxygen atoms in total. The van der Waals surface area contributed by atoms with Crippen molar-refractivity contribution in [3.05, 3.63) is 32.6 Å². The van der Waals surface area contributed by atoms with E-state index in [0.29, 0.717) is 5.56 Å². The largest absolute Gasteiger partial charge is 0.390 e. The second kappa shape index (κ2) is 4.68. The van der Waals surface area contributed by atoms with Gasteiger partial charge in [-0.1, -0.05) is 6.92 Å². The second-order valence-electron chi connectivity index (χ2n) is 4.56. The Labute approximate surface area is 103 Å². The molecule has 1 aliphatic heterocycles. The van der Waals surface area contributed by atoms with E-state index in [1.54, 1.807) is 13.8 Å². The number of aryl methyl sites for hydroxylation is 1. The molecule has 7 heteroatoms. The van der Waals surface area contributed by atoms with E-state index >= 15 is 0 Å². The highest BCUT2D eigenvalue weighted by atomic mass is 16.5. The number of hydrogen-bond acceptors (Lipinski definition) is 4. The quantitative estimate of drug-likeness (QED) is 0.719. The van der Waals surface area contributed by atoms with Crippen LogP contribution in [0.15, 0.2) is 15.8 Å². The van der Waals surface area contributed by atoms with E-state index < -0.39 is 42.2 Å². The van der Waals surface area contributed by atoms with Crippen LogP contribution in [0.25, 0.3) is 0 Å². The molecular weight excluding hydrogens is 240 g/mol. The Bertz CT molecular complexity index is 549. The van der Waals surface area contributed by atoms with E-state index in [9.17, 15) is 19.8 Å². The van der Waals surface area contributed by atoms with Crippen molar-refractivity contribution in [2.24, 2.45) is 5.92 Å². The number of rotatable bonds is 2. The van der Waals surface area contributed by atoms with E-state index in [1.807, 2.05) is 0 Å². The third kappa shape index (κ3) is 2.00. The minimum Gasteiger partial charge on any atom is -0.390 e. The number of aliphatic hydroxyl groups excluding tert-OH is 1. The molecule has 1 saturated heterocycles. The molecule has 0 aliphatic carbocycles. The fourth-order valence-corrected chi connectivity index (χ4v) is 2.12. The summed E-state index contributed by atoms with van der Waals surface area (Å²) >= 11 is 0. The molecule has 1 unspecified atom stereocenters. The van der Waals surface area contributed by atoms with Gasteiger partial charge in [0.25, 0.3) is 5.56 Å². The lowest BCUT2D eigenvalue weighted by molar-refractivity contribution is -0.0611. The predicted octanol–water partition coefficient (Wildman–Crippen LogP) is -0.830. The molecule has 0 aromatic carbocycles. The first kappa shape index (κ1) is 13.0. The van der Waals surface area contributed by atoms with Crippen molar-refractivity contribution in [1.82, 2.24) is 9.55 Å². The SMILES string of the molecule is Cc1cn([C@@H]2O[C@H](C[O])[C@@H](O)C2C)c(=O)[nH]c1=O. The van der Waals surface area contributed by atoms with E-state index in [4.69, 9.17) is 4.74 Å². The third-order valence-corrected chi connectivity index (χ3v) is 3.27. The summed E-state index contributed by atoms with van der Waals surface area (Å²) in [6.45, 7) is 2.69. The van der Waals surface area contributed by atoms with Gasteiger partial charge in [-0.15, -0.1) is 0 Å². The van der Waals surface area contributed by atoms with Crippen molar-refractivity contribution in [2.75, 3.05) is 6.61 Å². The molecule has 99 valence electrons. The van der Waals surface area contributed by atoms with Gasteiger partial charge in [0, 0.05) is 17.7 Å². The lowest BCUT2D eigenvalue weighted by atomic mass is 10.0. The average Bonchev–Trinajstić information content (AvgIpc) is 2.61. The number of nitrogens with one attached hydrogen (secondary N) is 1. The van der Waals surface area contributed by atoms with Gasteiger partial charge in [0.1, 0.15) is 18.9 Å². The highest BCUT2D eigenvalue weighted by Gasteiger charge is 2.42. The summed E-state index contributed by atoms with van der Waals surface area (Å²) in [7, 11) is 0. The van der Waals surface area contributed by atoms with Crippen LogP contribution < -0.4 is 11.2 Å². The molecule has 0 bridgehead atoms. The van der Waals surface area contributed by atoms with Gasteiger partial charge in [0.2, 0.25) is 0 Å². The van der Waals surface area contributed by atoms with Gasteiger partial charge >= 0.3 is 5.69 Å². The minimum absolute atomic E-state index is 0.366. The van der Waals surface area contributed by atoms with Crippen LogP contribution in [0.3, 0.4) is 0 Å². The molecule has 18 heavy (non-hydrogen) atoms. The molecule has 1 aromatic rings. The Kier molecular flexibility index (Phi) is 3.38. The van der Waals surface area contributed by atoms with Gasteiger partial charge in [0.15, 0.2) is 0 Å². The van der Waals surface area contributed by atoms with Crippen LogP contribution in [0.2, 0.25) is 0 Å². The summed E-state index contributed by atoms with van der Waals surface area (Å²) < 4.78 is 6.58. The third-order valence-electron chi connectivity index (χ3n) is 3.27. The fourth-order valence-electron chi connectivity index (χ4n) is 2.12. The van der Waals surface area contributed by atoms with Crippen LogP contribution in [-0.4, -0.2) is 33.5 Å². The Morgan fingerprint density at radius 2 is 2.17 bits per heavy atom. The van der Waals surface area contributed by atoms with Crippen LogP contribution >= 0.6 is 0 Å². The molecule has 1 radical (unpaired) electrons. The molecule has 1 fully saturated rings. The molecule has 4 atom stereocenters. The smallest absolute Gasteiger partial charge is 0.330 e.